The normalized spacial score (nSPS) is 28.5. The quantitative estimate of drug-likeness (QED) is 0.868. The molecule has 2 atom stereocenters. The number of aryl methyl sites for hydroxylation is 1. The first-order chi connectivity index (χ1) is 8.63. The molecule has 1 aliphatic rings. The monoisotopic (exact) mass is 251 g/mol. The van der Waals surface area contributed by atoms with Gasteiger partial charge in [-0.1, -0.05) is 6.92 Å². The van der Waals surface area contributed by atoms with Gasteiger partial charge in [0, 0.05) is 45.1 Å². The number of rotatable bonds is 5. The molecule has 0 aliphatic carbocycles. The van der Waals surface area contributed by atoms with E-state index in [0.29, 0.717) is 6.04 Å². The summed E-state index contributed by atoms with van der Waals surface area (Å²) in [6, 6.07) is 0.587. The van der Waals surface area contributed by atoms with E-state index >= 15 is 0 Å². The van der Waals surface area contributed by atoms with Gasteiger partial charge in [-0.05, 0) is 26.2 Å². The first-order valence-electron chi connectivity index (χ1n) is 6.96. The lowest BCUT2D eigenvalue weighted by Crippen LogP contribution is -2.45. The van der Waals surface area contributed by atoms with Gasteiger partial charge in [0.05, 0.1) is 5.60 Å². The Balaban J connectivity index is 1.75. The third-order valence-electron chi connectivity index (χ3n) is 4.05. The number of hydrogen-bond donors (Lipinski definition) is 1. The summed E-state index contributed by atoms with van der Waals surface area (Å²) in [6.07, 6.45) is 8.17. The first kappa shape index (κ1) is 13.6. The zero-order valence-corrected chi connectivity index (χ0v) is 11.8. The van der Waals surface area contributed by atoms with Gasteiger partial charge in [0.1, 0.15) is 5.82 Å². The number of ether oxygens (including phenoxy) is 1. The average molecular weight is 251 g/mol. The molecule has 1 aromatic heterocycles. The third kappa shape index (κ3) is 3.33. The molecule has 4 nitrogen and oxygen atoms in total. The van der Waals surface area contributed by atoms with E-state index in [2.05, 4.69) is 28.7 Å². The van der Waals surface area contributed by atoms with E-state index in [1.54, 1.807) is 0 Å². The predicted molar refractivity (Wildman–Crippen MR) is 72.6 cm³/mol. The highest BCUT2D eigenvalue weighted by molar-refractivity contribution is 4.92. The van der Waals surface area contributed by atoms with Crippen molar-refractivity contribution in [3.8, 4) is 0 Å². The summed E-state index contributed by atoms with van der Waals surface area (Å²) in [4.78, 5) is 4.34. The molecule has 0 spiro atoms. The van der Waals surface area contributed by atoms with Gasteiger partial charge in [-0.2, -0.15) is 0 Å². The molecule has 0 saturated carbocycles. The van der Waals surface area contributed by atoms with Gasteiger partial charge in [0.2, 0.25) is 0 Å². The summed E-state index contributed by atoms with van der Waals surface area (Å²) in [6.45, 7) is 6.30. The fourth-order valence-electron chi connectivity index (χ4n) is 2.58. The summed E-state index contributed by atoms with van der Waals surface area (Å²) < 4.78 is 7.94. The van der Waals surface area contributed by atoms with Gasteiger partial charge >= 0.3 is 0 Å². The SMILES string of the molecule is CCC1(C)CC(NCCc2nccn2C)CCO1. The molecule has 1 fully saturated rings. The van der Waals surface area contributed by atoms with Crippen LogP contribution in [-0.4, -0.2) is 34.3 Å². The lowest BCUT2D eigenvalue weighted by atomic mass is 9.90. The highest BCUT2D eigenvalue weighted by Gasteiger charge is 2.31. The van der Waals surface area contributed by atoms with Crippen LogP contribution in [0.1, 0.15) is 38.9 Å². The van der Waals surface area contributed by atoms with E-state index < -0.39 is 0 Å². The molecule has 2 rings (SSSR count). The number of hydrogen-bond acceptors (Lipinski definition) is 3. The number of nitrogens with one attached hydrogen (secondary N) is 1. The van der Waals surface area contributed by atoms with Crippen LogP contribution in [0, 0.1) is 0 Å². The molecule has 1 aliphatic heterocycles. The van der Waals surface area contributed by atoms with Crippen molar-refractivity contribution in [1.29, 1.82) is 0 Å². The summed E-state index contributed by atoms with van der Waals surface area (Å²) >= 11 is 0. The van der Waals surface area contributed by atoms with Crippen molar-refractivity contribution in [2.75, 3.05) is 13.2 Å². The third-order valence-corrected chi connectivity index (χ3v) is 4.05. The Kier molecular flexibility index (Phi) is 4.40. The number of nitrogens with zero attached hydrogens (tertiary/aromatic N) is 2. The van der Waals surface area contributed by atoms with E-state index in [4.69, 9.17) is 4.74 Å². The van der Waals surface area contributed by atoms with Gasteiger partial charge in [0.25, 0.3) is 0 Å². The molecule has 102 valence electrons. The van der Waals surface area contributed by atoms with Crippen LogP contribution >= 0.6 is 0 Å². The Bertz CT molecular complexity index is 377. The minimum atomic E-state index is 0.0686. The number of aromatic nitrogens is 2. The van der Waals surface area contributed by atoms with E-state index in [1.807, 2.05) is 19.4 Å². The highest BCUT2D eigenvalue weighted by Crippen LogP contribution is 2.27. The van der Waals surface area contributed by atoms with Gasteiger partial charge in [-0.15, -0.1) is 0 Å². The molecule has 0 amide bonds. The molecule has 18 heavy (non-hydrogen) atoms. The maximum Gasteiger partial charge on any atom is 0.109 e. The maximum absolute atomic E-state index is 5.86. The smallest absolute Gasteiger partial charge is 0.109 e. The highest BCUT2D eigenvalue weighted by atomic mass is 16.5. The van der Waals surface area contributed by atoms with Gasteiger partial charge in [-0.25, -0.2) is 4.98 Å². The first-order valence-corrected chi connectivity index (χ1v) is 6.96. The van der Waals surface area contributed by atoms with Crippen molar-refractivity contribution < 1.29 is 4.74 Å². The Morgan fingerprint density at radius 2 is 2.44 bits per heavy atom. The topological polar surface area (TPSA) is 39.1 Å². The fourth-order valence-corrected chi connectivity index (χ4v) is 2.58. The minimum absolute atomic E-state index is 0.0686. The lowest BCUT2D eigenvalue weighted by Gasteiger charge is -2.38. The van der Waals surface area contributed by atoms with E-state index in [-0.39, 0.29) is 5.60 Å². The molecule has 1 aromatic rings. The van der Waals surface area contributed by atoms with Crippen LogP contribution in [0.15, 0.2) is 12.4 Å². The van der Waals surface area contributed by atoms with Crippen molar-refractivity contribution in [1.82, 2.24) is 14.9 Å². The second-order valence-corrected chi connectivity index (χ2v) is 5.50. The van der Waals surface area contributed by atoms with Crippen LogP contribution in [0.2, 0.25) is 0 Å². The van der Waals surface area contributed by atoms with Crippen LogP contribution in [-0.2, 0) is 18.2 Å². The Morgan fingerprint density at radius 3 is 3.11 bits per heavy atom. The summed E-state index contributed by atoms with van der Waals surface area (Å²) in [5.74, 6) is 1.15. The molecule has 0 radical (unpaired) electrons. The van der Waals surface area contributed by atoms with Crippen molar-refractivity contribution in [2.45, 2.75) is 51.2 Å². The van der Waals surface area contributed by atoms with Crippen LogP contribution < -0.4 is 5.32 Å². The molecular weight excluding hydrogens is 226 g/mol. The van der Waals surface area contributed by atoms with Crippen molar-refractivity contribution in [3.63, 3.8) is 0 Å². The second kappa shape index (κ2) is 5.85. The Hall–Kier alpha value is -0.870. The second-order valence-electron chi connectivity index (χ2n) is 5.50. The van der Waals surface area contributed by atoms with Gasteiger partial charge in [-0.3, -0.25) is 0 Å². The van der Waals surface area contributed by atoms with Crippen LogP contribution in [0.5, 0.6) is 0 Å². The molecule has 0 aromatic carbocycles. The zero-order valence-electron chi connectivity index (χ0n) is 11.8. The maximum atomic E-state index is 5.86. The Labute approximate surface area is 110 Å². The van der Waals surface area contributed by atoms with Crippen LogP contribution in [0.25, 0.3) is 0 Å². The van der Waals surface area contributed by atoms with Crippen LogP contribution in [0.3, 0.4) is 0 Å². The summed E-state index contributed by atoms with van der Waals surface area (Å²) in [5, 5.41) is 3.64. The van der Waals surface area contributed by atoms with Crippen molar-refractivity contribution in [2.24, 2.45) is 7.05 Å². The Morgan fingerprint density at radius 1 is 1.61 bits per heavy atom. The summed E-state index contributed by atoms with van der Waals surface area (Å²) in [7, 11) is 2.05. The lowest BCUT2D eigenvalue weighted by molar-refractivity contribution is -0.0778. The summed E-state index contributed by atoms with van der Waals surface area (Å²) in [5.41, 5.74) is 0.0686. The van der Waals surface area contributed by atoms with Gasteiger partial charge in [0.15, 0.2) is 0 Å². The van der Waals surface area contributed by atoms with Crippen LogP contribution in [0.4, 0.5) is 0 Å². The van der Waals surface area contributed by atoms with Crippen molar-refractivity contribution >= 4 is 0 Å². The van der Waals surface area contributed by atoms with E-state index in [0.717, 1.165) is 44.7 Å². The largest absolute Gasteiger partial charge is 0.375 e. The fraction of sp³-hybridized carbons (Fsp3) is 0.786. The zero-order chi connectivity index (χ0) is 13.0. The molecule has 2 heterocycles. The minimum Gasteiger partial charge on any atom is -0.375 e. The standard InChI is InChI=1S/C14H25N3O/c1-4-14(2)11-12(6-10-18-14)15-7-5-13-16-8-9-17(13)3/h8-9,12,15H,4-7,10-11H2,1-3H3. The van der Waals surface area contributed by atoms with E-state index in [1.165, 1.54) is 0 Å². The van der Waals surface area contributed by atoms with E-state index in [9.17, 15) is 0 Å². The average Bonchev–Trinajstić information content (AvgIpc) is 2.76. The number of imidazole rings is 1. The van der Waals surface area contributed by atoms with Crippen molar-refractivity contribution in [3.05, 3.63) is 18.2 Å². The molecule has 1 N–H and O–H groups in total. The molecule has 2 unspecified atom stereocenters. The molecule has 1 saturated heterocycles. The molecular formula is C14H25N3O. The predicted octanol–water partition coefficient (Wildman–Crippen LogP) is 1.90. The molecule has 0 bridgehead atoms. The van der Waals surface area contributed by atoms with Gasteiger partial charge < -0.3 is 14.6 Å². The molecule has 4 heteroatoms.